The second kappa shape index (κ2) is 5.98. The number of imidazole rings is 1. The normalized spacial score (nSPS) is 11.3. The third-order valence-electron chi connectivity index (χ3n) is 4.77. The van der Waals surface area contributed by atoms with Crippen molar-refractivity contribution in [3.63, 3.8) is 0 Å². The van der Waals surface area contributed by atoms with Crippen LogP contribution in [-0.4, -0.2) is 37.6 Å². The van der Waals surface area contributed by atoms with Gasteiger partial charge < -0.3 is 21.0 Å². The highest BCUT2D eigenvalue weighted by Crippen LogP contribution is 2.24. The molecule has 8 heteroatoms. The standard InChI is InChI=1S/C20H17N7O/c1-22-20-25-15-7-6-12(9-16(15)26-20)27-19(21)13(10-23-27)18(28)17-8-11-4-2-3-5-14(11)24-17/h2-10,24H,21H2,1H3,(H2,22,25,26). The van der Waals surface area contributed by atoms with Gasteiger partial charge in [-0.2, -0.15) is 5.10 Å². The Balaban J connectivity index is 1.54. The van der Waals surface area contributed by atoms with Gasteiger partial charge in [-0.05, 0) is 30.3 Å². The SMILES string of the molecule is CNc1nc2cc(-n3ncc(C(=O)c4cc5ccccc5[nH]4)c3N)ccc2[nH]1. The minimum absolute atomic E-state index is 0.196. The van der Waals surface area contributed by atoms with Gasteiger partial charge in [-0.1, -0.05) is 18.2 Å². The summed E-state index contributed by atoms with van der Waals surface area (Å²) in [5, 5.41) is 8.27. The van der Waals surface area contributed by atoms with Gasteiger partial charge in [-0.15, -0.1) is 0 Å². The molecule has 2 aromatic carbocycles. The molecule has 5 rings (SSSR count). The third kappa shape index (κ3) is 2.43. The highest BCUT2D eigenvalue weighted by molar-refractivity contribution is 6.12. The topological polar surface area (TPSA) is 117 Å². The van der Waals surface area contributed by atoms with Crippen molar-refractivity contribution in [2.45, 2.75) is 0 Å². The Bertz CT molecular complexity index is 1310. The van der Waals surface area contributed by atoms with Crippen LogP contribution < -0.4 is 11.1 Å². The van der Waals surface area contributed by atoms with Crippen molar-refractivity contribution in [3.05, 3.63) is 66.0 Å². The summed E-state index contributed by atoms with van der Waals surface area (Å²) < 4.78 is 1.54. The van der Waals surface area contributed by atoms with Gasteiger partial charge in [0.15, 0.2) is 0 Å². The molecule has 0 saturated carbocycles. The first-order valence-electron chi connectivity index (χ1n) is 8.78. The Kier molecular flexibility index (Phi) is 3.45. The number of nitrogen functional groups attached to an aromatic ring is 1. The van der Waals surface area contributed by atoms with Crippen molar-refractivity contribution in [3.8, 4) is 5.69 Å². The number of hydrogen-bond donors (Lipinski definition) is 4. The Morgan fingerprint density at radius 1 is 1.11 bits per heavy atom. The van der Waals surface area contributed by atoms with Crippen molar-refractivity contribution < 1.29 is 4.79 Å². The average Bonchev–Trinajstić information content (AvgIpc) is 3.42. The fourth-order valence-corrected chi connectivity index (χ4v) is 3.32. The quantitative estimate of drug-likeness (QED) is 0.362. The maximum Gasteiger partial charge on any atom is 0.214 e. The first-order chi connectivity index (χ1) is 13.6. The van der Waals surface area contributed by atoms with E-state index in [-0.39, 0.29) is 11.6 Å². The fraction of sp³-hybridized carbons (Fsp3) is 0.0500. The molecule has 0 aliphatic heterocycles. The summed E-state index contributed by atoms with van der Waals surface area (Å²) >= 11 is 0. The van der Waals surface area contributed by atoms with Crippen LogP contribution in [0.5, 0.6) is 0 Å². The maximum atomic E-state index is 12.9. The number of para-hydroxylation sites is 1. The predicted octanol–water partition coefficient (Wildman–Crippen LogP) is 3.08. The van der Waals surface area contributed by atoms with Gasteiger partial charge in [0.2, 0.25) is 11.7 Å². The van der Waals surface area contributed by atoms with E-state index in [0.29, 0.717) is 17.2 Å². The predicted molar refractivity (Wildman–Crippen MR) is 109 cm³/mol. The number of ketones is 1. The van der Waals surface area contributed by atoms with Gasteiger partial charge >= 0.3 is 0 Å². The summed E-state index contributed by atoms with van der Waals surface area (Å²) in [6.07, 6.45) is 1.50. The number of aromatic nitrogens is 5. The number of hydrogen-bond acceptors (Lipinski definition) is 5. The summed E-state index contributed by atoms with van der Waals surface area (Å²) in [7, 11) is 1.80. The Morgan fingerprint density at radius 3 is 2.79 bits per heavy atom. The van der Waals surface area contributed by atoms with Crippen LogP contribution in [0.3, 0.4) is 0 Å². The van der Waals surface area contributed by atoms with E-state index in [0.717, 1.165) is 27.6 Å². The van der Waals surface area contributed by atoms with E-state index in [9.17, 15) is 4.79 Å². The molecule has 0 aliphatic rings. The highest BCUT2D eigenvalue weighted by atomic mass is 16.1. The van der Waals surface area contributed by atoms with Gasteiger partial charge in [0, 0.05) is 18.0 Å². The molecule has 0 saturated heterocycles. The zero-order valence-corrected chi connectivity index (χ0v) is 15.0. The van der Waals surface area contributed by atoms with Crippen molar-refractivity contribution in [1.82, 2.24) is 24.7 Å². The molecule has 0 aliphatic carbocycles. The van der Waals surface area contributed by atoms with E-state index in [1.54, 1.807) is 11.7 Å². The molecule has 0 fully saturated rings. The number of carbonyl (C=O) groups excluding carboxylic acids is 1. The number of carbonyl (C=O) groups is 1. The lowest BCUT2D eigenvalue weighted by Crippen LogP contribution is -2.07. The van der Waals surface area contributed by atoms with E-state index in [1.165, 1.54) is 6.20 Å². The lowest BCUT2D eigenvalue weighted by Gasteiger charge is -2.04. The molecule has 3 aromatic heterocycles. The van der Waals surface area contributed by atoms with Crippen molar-refractivity contribution in [2.24, 2.45) is 0 Å². The van der Waals surface area contributed by atoms with E-state index in [2.05, 4.69) is 25.4 Å². The second-order valence-electron chi connectivity index (χ2n) is 6.49. The van der Waals surface area contributed by atoms with E-state index < -0.39 is 0 Å². The Labute approximate surface area is 159 Å². The van der Waals surface area contributed by atoms with Gasteiger partial charge in [0.05, 0.1) is 34.2 Å². The zero-order chi connectivity index (χ0) is 19.3. The number of nitrogens with two attached hydrogens (primary N) is 1. The van der Waals surface area contributed by atoms with Crippen molar-refractivity contribution in [2.75, 3.05) is 18.1 Å². The molecule has 0 atom stereocenters. The Hall–Kier alpha value is -4.07. The van der Waals surface area contributed by atoms with Gasteiger partial charge in [0.1, 0.15) is 5.82 Å². The molecular formula is C20H17N7O. The van der Waals surface area contributed by atoms with Crippen LogP contribution in [0, 0.1) is 0 Å². The molecule has 0 unspecified atom stereocenters. The van der Waals surface area contributed by atoms with Gasteiger partial charge in [0.25, 0.3) is 0 Å². The molecule has 5 N–H and O–H groups in total. The smallest absolute Gasteiger partial charge is 0.214 e. The zero-order valence-electron chi connectivity index (χ0n) is 15.0. The minimum atomic E-state index is -0.196. The maximum absolute atomic E-state index is 12.9. The molecule has 5 aromatic rings. The van der Waals surface area contributed by atoms with Crippen molar-refractivity contribution in [1.29, 1.82) is 0 Å². The lowest BCUT2D eigenvalue weighted by molar-refractivity contribution is 0.103. The van der Waals surface area contributed by atoms with E-state index >= 15 is 0 Å². The highest BCUT2D eigenvalue weighted by Gasteiger charge is 2.19. The van der Waals surface area contributed by atoms with Crippen LogP contribution in [0.2, 0.25) is 0 Å². The number of aromatic amines is 2. The van der Waals surface area contributed by atoms with Gasteiger partial charge in [-0.3, -0.25) is 4.79 Å². The monoisotopic (exact) mass is 371 g/mol. The number of rotatable bonds is 4. The first-order valence-corrected chi connectivity index (χ1v) is 8.78. The lowest BCUT2D eigenvalue weighted by atomic mass is 10.1. The first kappa shape index (κ1) is 16.1. The summed E-state index contributed by atoms with van der Waals surface area (Å²) in [5.74, 6) is 0.765. The number of fused-ring (bicyclic) bond motifs is 2. The molecular weight excluding hydrogens is 354 g/mol. The molecule has 0 radical (unpaired) electrons. The second-order valence-corrected chi connectivity index (χ2v) is 6.49. The fourth-order valence-electron chi connectivity index (χ4n) is 3.32. The third-order valence-corrected chi connectivity index (χ3v) is 4.77. The van der Waals surface area contributed by atoms with Crippen molar-refractivity contribution >= 4 is 39.5 Å². The van der Waals surface area contributed by atoms with Crippen LogP contribution in [0.4, 0.5) is 11.8 Å². The van der Waals surface area contributed by atoms with Crippen LogP contribution >= 0.6 is 0 Å². The minimum Gasteiger partial charge on any atom is -0.383 e. The molecule has 28 heavy (non-hydrogen) atoms. The molecule has 138 valence electrons. The summed E-state index contributed by atoms with van der Waals surface area (Å²) in [5.41, 5.74) is 10.4. The summed E-state index contributed by atoms with van der Waals surface area (Å²) in [6.45, 7) is 0. The van der Waals surface area contributed by atoms with Crippen LogP contribution in [0.15, 0.2) is 54.7 Å². The van der Waals surface area contributed by atoms with E-state index in [1.807, 2.05) is 48.5 Å². The molecule has 0 amide bonds. The molecule has 0 spiro atoms. The largest absolute Gasteiger partial charge is 0.383 e. The van der Waals surface area contributed by atoms with Gasteiger partial charge in [-0.25, -0.2) is 9.67 Å². The van der Waals surface area contributed by atoms with Crippen LogP contribution in [0.1, 0.15) is 16.1 Å². The average molecular weight is 371 g/mol. The Morgan fingerprint density at radius 2 is 1.96 bits per heavy atom. The molecule has 0 bridgehead atoms. The summed E-state index contributed by atoms with van der Waals surface area (Å²) in [6, 6.07) is 15.2. The summed E-state index contributed by atoms with van der Waals surface area (Å²) in [4.78, 5) is 23.7. The number of anilines is 2. The molecule has 3 heterocycles. The van der Waals surface area contributed by atoms with Crippen LogP contribution in [-0.2, 0) is 0 Å². The van der Waals surface area contributed by atoms with Crippen LogP contribution in [0.25, 0.3) is 27.6 Å². The number of nitrogens with zero attached hydrogens (tertiary/aromatic N) is 3. The molecule has 8 nitrogen and oxygen atoms in total. The number of nitrogens with one attached hydrogen (secondary N) is 3. The van der Waals surface area contributed by atoms with E-state index in [4.69, 9.17) is 5.73 Å². The number of benzene rings is 2. The number of H-pyrrole nitrogens is 2.